The molecule has 0 aromatic carbocycles. The molecule has 114 valence electrons. The van der Waals surface area contributed by atoms with Crippen molar-refractivity contribution in [3.8, 4) is 10.6 Å². The van der Waals surface area contributed by atoms with Crippen molar-refractivity contribution in [3.05, 3.63) is 45.9 Å². The lowest BCUT2D eigenvalue weighted by Gasteiger charge is -2.23. The highest BCUT2D eigenvalue weighted by Gasteiger charge is 2.22. The number of amides is 1. The van der Waals surface area contributed by atoms with E-state index in [-0.39, 0.29) is 11.9 Å². The van der Waals surface area contributed by atoms with Crippen LogP contribution in [0, 0.1) is 0 Å². The average molecular weight is 332 g/mol. The van der Waals surface area contributed by atoms with E-state index in [1.165, 1.54) is 16.2 Å². The fourth-order valence-electron chi connectivity index (χ4n) is 2.11. The van der Waals surface area contributed by atoms with E-state index in [1.54, 1.807) is 27.1 Å². The summed E-state index contributed by atoms with van der Waals surface area (Å²) in [6.45, 7) is 2.03. The predicted octanol–water partition coefficient (Wildman–Crippen LogP) is 3.44. The van der Waals surface area contributed by atoms with Crippen LogP contribution in [0.5, 0.6) is 0 Å². The maximum atomic E-state index is 12.6. The van der Waals surface area contributed by atoms with Crippen molar-refractivity contribution in [1.29, 1.82) is 0 Å². The highest BCUT2D eigenvalue weighted by atomic mass is 32.1. The zero-order chi connectivity index (χ0) is 15.7. The number of carbonyl (C=O) groups excluding carboxylic acids is 1. The summed E-state index contributed by atoms with van der Waals surface area (Å²) in [4.78, 5) is 19.9. The minimum atomic E-state index is -0.0627. The molecular formula is C15H16N4OS2. The Labute approximate surface area is 136 Å². The topological polar surface area (TPSA) is 51.0 Å². The van der Waals surface area contributed by atoms with Crippen LogP contribution in [-0.4, -0.2) is 32.6 Å². The van der Waals surface area contributed by atoms with Gasteiger partial charge in [-0.3, -0.25) is 9.48 Å². The Morgan fingerprint density at radius 1 is 1.41 bits per heavy atom. The van der Waals surface area contributed by atoms with E-state index >= 15 is 0 Å². The van der Waals surface area contributed by atoms with Gasteiger partial charge in [0.1, 0.15) is 10.7 Å². The molecule has 0 spiro atoms. The molecule has 0 aliphatic carbocycles. The summed E-state index contributed by atoms with van der Waals surface area (Å²) >= 11 is 3.12. The van der Waals surface area contributed by atoms with Gasteiger partial charge >= 0.3 is 0 Å². The molecule has 0 saturated heterocycles. The molecule has 0 radical (unpaired) electrons. The van der Waals surface area contributed by atoms with Crippen LogP contribution in [0.25, 0.3) is 10.6 Å². The molecule has 0 N–H and O–H groups in total. The molecule has 0 fully saturated rings. The van der Waals surface area contributed by atoms with Gasteiger partial charge in [0.2, 0.25) is 0 Å². The van der Waals surface area contributed by atoms with E-state index in [1.807, 2.05) is 50.1 Å². The van der Waals surface area contributed by atoms with Gasteiger partial charge in [-0.15, -0.1) is 22.7 Å². The zero-order valence-electron chi connectivity index (χ0n) is 12.6. The Morgan fingerprint density at radius 2 is 2.23 bits per heavy atom. The highest BCUT2D eigenvalue weighted by Crippen LogP contribution is 2.27. The van der Waals surface area contributed by atoms with Gasteiger partial charge in [-0.2, -0.15) is 5.10 Å². The third-order valence-corrected chi connectivity index (χ3v) is 5.47. The third-order valence-electron chi connectivity index (χ3n) is 3.53. The van der Waals surface area contributed by atoms with Gasteiger partial charge in [0.15, 0.2) is 0 Å². The fraction of sp³-hybridized carbons (Fsp3) is 0.267. The number of carbonyl (C=O) groups is 1. The first-order valence-electron chi connectivity index (χ1n) is 6.81. The fourth-order valence-corrected chi connectivity index (χ4v) is 3.71. The van der Waals surface area contributed by atoms with Crippen molar-refractivity contribution in [1.82, 2.24) is 19.7 Å². The monoisotopic (exact) mass is 332 g/mol. The molecule has 1 atom stereocenters. The van der Waals surface area contributed by atoms with E-state index in [0.717, 1.165) is 10.6 Å². The number of nitrogens with zero attached hydrogens (tertiary/aromatic N) is 4. The van der Waals surface area contributed by atoms with Gasteiger partial charge in [0.05, 0.1) is 12.2 Å². The normalized spacial score (nSPS) is 12.3. The van der Waals surface area contributed by atoms with Crippen LogP contribution in [-0.2, 0) is 7.05 Å². The number of rotatable bonds is 4. The lowest BCUT2D eigenvalue weighted by molar-refractivity contribution is 0.0740. The van der Waals surface area contributed by atoms with Gasteiger partial charge in [-0.1, -0.05) is 6.07 Å². The van der Waals surface area contributed by atoms with Crippen molar-refractivity contribution < 1.29 is 4.79 Å². The predicted molar refractivity (Wildman–Crippen MR) is 89.1 cm³/mol. The lowest BCUT2D eigenvalue weighted by atomic mass is 10.2. The first-order chi connectivity index (χ1) is 10.6. The van der Waals surface area contributed by atoms with Crippen LogP contribution in [0.2, 0.25) is 0 Å². The minimum Gasteiger partial charge on any atom is -0.333 e. The van der Waals surface area contributed by atoms with Crippen LogP contribution >= 0.6 is 22.7 Å². The van der Waals surface area contributed by atoms with Crippen molar-refractivity contribution >= 4 is 28.6 Å². The molecule has 3 aromatic rings. The number of hydrogen-bond donors (Lipinski definition) is 0. The first kappa shape index (κ1) is 14.9. The third kappa shape index (κ3) is 2.82. The summed E-state index contributed by atoms with van der Waals surface area (Å²) in [7, 11) is 3.68. The Morgan fingerprint density at radius 3 is 2.86 bits per heavy atom. The van der Waals surface area contributed by atoms with Gasteiger partial charge in [-0.25, -0.2) is 4.98 Å². The van der Waals surface area contributed by atoms with Crippen molar-refractivity contribution in [2.24, 2.45) is 7.05 Å². The molecule has 1 amide bonds. The lowest BCUT2D eigenvalue weighted by Crippen LogP contribution is -2.29. The maximum Gasteiger partial charge on any atom is 0.273 e. The van der Waals surface area contributed by atoms with Crippen LogP contribution in [0.4, 0.5) is 0 Å². The molecule has 0 bridgehead atoms. The minimum absolute atomic E-state index is 0.0380. The number of hydrogen-bond acceptors (Lipinski definition) is 5. The van der Waals surface area contributed by atoms with Crippen molar-refractivity contribution in [2.45, 2.75) is 13.0 Å². The molecule has 5 nitrogen and oxygen atoms in total. The van der Waals surface area contributed by atoms with Crippen LogP contribution in [0.15, 0.2) is 35.3 Å². The van der Waals surface area contributed by atoms with E-state index in [0.29, 0.717) is 5.69 Å². The summed E-state index contributed by atoms with van der Waals surface area (Å²) < 4.78 is 1.73. The zero-order valence-corrected chi connectivity index (χ0v) is 14.2. The second kappa shape index (κ2) is 6.02. The van der Waals surface area contributed by atoms with Crippen molar-refractivity contribution in [3.63, 3.8) is 0 Å². The highest BCUT2D eigenvalue weighted by molar-refractivity contribution is 7.13. The molecule has 22 heavy (non-hydrogen) atoms. The Bertz CT molecular complexity index is 775. The Balaban J connectivity index is 1.79. The van der Waals surface area contributed by atoms with E-state index in [2.05, 4.69) is 10.1 Å². The SMILES string of the molecule is CC(c1cccs1)N(C)C(=O)c1csc(-c2cnn(C)c2)n1. The number of aryl methyl sites for hydroxylation is 1. The second-order valence-corrected chi connectivity index (χ2v) is 6.89. The van der Waals surface area contributed by atoms with E-state index in [9.17, 15) is 4.79 Å². The largest absolute Gasteiger partial charge is 0.333 e. The number of thiazole rings is 1. The first-order valence-corrected chi connectivity index (χ1v) is 8.57. The standard InChI is InChI=1S/C15H16N4OS2/c1-10(13-5-4-6-21-13)19(3)15(20)12-9-22-14(17-12)11-7-16-18(2)8-11/h4-10H,1-3H3. The summed E-state index contributed by atoms with van der Waals surface area (Å²) in [6.07, 6.45) is 3.65. The second-order valence-electron chi connectivity index (χ2n) is 5.05. The molecule has 1 unspecified atom stereocenters. The number of thiophene rings is 1. The van der Waals surface area contributed by atoms with Gasteiger partial charge < -0.3 is 4.90 Å². The van der Waals surface area contributed by atoms with E-state index in [4.69, 9.17) is 0 Å². The average Bonchev–Trinajstić information content (AvgIpc) is 3.24. The van der Waals surface area contributed by atoms with Crippen molar-refractivity contribution in [2.75, 3.05) is 7.05 Å². The molecule has 0 aliphatic rings. The molecule has 7 heteroatoms. The summed E-state index contributed by atoms with van der Waals surface area (Å²) in [5.74, 6) is -0.0627. The number of aromatic nitrogens is 3. The molecule has 0 saturated carbocycles. The van der Waals surface area contributed by atoms with Crippen LogP contribution in [0.1, 0.15) is 28.3 Å². The summed E-state index contributed by atoms with van der Waals surface area (Å²) in [5.41, 5.74) is 1.41. The molecule has 3 rings (SSSR count). The molecule has 3 heterocycles. The van der Waals surface area contributed by atoms with E-state index < -0.39 is 0 Å². The Hall–Kier alpha value is -1.99. The summed E-state index contributed by atoms with van der Waals surface area (Å²) in [6, 6.07) is 4.08. The van der Waals surface area contributed by atoms with Gasteiger partial charge in [0.25, 0.3) is 5.91 Å². The smallest absolute Gasteiger partial charge is 0.273 e. The van der Waals surface area contributed by atoms with Gasteiger partial charge in [-0.05, 0) is 18.4 Å². The van der Waals surface area contributed by atoms with Crippen LogP contribution in [0.3, 0.4) is 0 Å². The Kier molecular flexibility index (Phi) is 4.08. The van der Waals surface area contributed by atoms with Crippen LogP contribution < -0.4 is 0 Å². The van der Waals surface area contributed by atoms with Gasteiger partial charge in [0, 0.05) is 36.1 Å². The molecule has 0 aliphatic heterocycles. The maximum absolute atomic E-state index is 12.6. The quantitative estimate of drug-likeness (QED) is 0.735. The summed E-state index contributed by atoms with van der Waals surface area (Å²) in [5, 5.41) is 8.78. The molecular weight excluding hydrogens is 316 g/mol. The molecule has 3 aromatic heterocycles.